The lowest BCUT2D eigenvalue weighted by Crippen LogP contribution is -2.12. The molecule has 0 unspecified atom stereocenters. The Bertz CT molecular complexity index is 1750. The van der Waals surface area contributed by atoms with Gasteiger partial charge >= 0.3 is 5.97 Å². The topological polar surface area (TPSA) is 99.5 Å². The van der Waals surface area contributed by atoms with Gasteiger partial charge in [-0.05, 0) is 73.5 Å². The molecule has 0 aliphatic rings. The van der Waals surface area contributed by atoms with Crippen LogP contribution in [0.1, 0.15) is 19.3 Å². The molecule has 5 aromatic rings. The number of nitrogens with one attached hydrogen (secondary N) is 1. The number of ether oxygens (including phenoxy) is 2. The highest BCUT2D eigenvalue weighted by Crippen LogP contribution is 2.34. The summed E-state index contributed by atoms with van der Waals surface area (Å²) >= 11 is 5.90. The largest absolute Gasteiger partial charge is 0.491 e. The molecule has 0 bridgehead atoms. The predicted octanol–water partition coefficient (Wildman–Crippen LogP) is 6.87. The average Bonchev–Trinajstić information content (AvgIpc) is 3.38. The van der Waals surface area contributed by atoms with Crippen LogP contribution in [0.15, 0.2) is 102 Å². The Kier molecular flexibility index (Phi) is 8.56. The first-order valence-corrected chi connectivity index (χ1v) is 14.9. The van der Waals surface area contributed by atoms with E-state index >= 15 is 0 Å². The zero-order valence-electron chi connectivity index (χ0n) is 22.3. The van der Waals surface area contributed by atoms with Gasteiger partial charge in [-0.25, -0.2) is 13.4 Å². The fourth-order valence-electron chi connectivity index (χ4n) is 4.39. The Morgan fingerprint density at radius 1 is 0.902 bits per heavy atom. The molecule has 0 spiro atoms. The molecule has 4 aromatic carbocycles. The number of para-hydroxylation sites is 1. The third-order valence-electron chi connectivity index (χ3n) is 6.44. The standard InChI is InChI=1S/C31H28ClN3O5S/c1-39-29(36)12-5-6-21-40-28-11-7-10-27-30(28)33-31(22-8-3-2-4-9-22)35(27)25-17-15-24(16-18-25)34-41(37,38)26-19-13-23(32)14-20-26/h2-4,7-11,13-20,34H,5-6,12,21H2,1H3. The molecule has 5 rings (SSSR count). The molecule has 210 valence electrons. The molecule has 0 aliphatic carbocycles. The van der Waals surface area contributed by atoms with Crippen molar-refractivity contribution in [2.75, 3.05) is 18.4 Å². The summed E-state index contributed by atoms with van der Waals surface area (Å²) in [5, 5.41) is 0.460. The van der Waals surface area contributed by atoms with E-state index in [-0.39, 0.29) is 10.9 Å². The van der Waals surface area contributed by atoms with Gasteiger partial charge in [-0.15, -0.1) is 0 Å². The number of esters is 1. The van der Waals surface area contributed by atoms with E-state index in [2.05, 4.69) is 4.72 Å². The third-order valence-corrected chi connectivity index (χ3v) is 8.09. The molecule has 0 amide bonds. The third kappa shape index (κ3) is 6.53. The van der Waals surface area contributed by atoms with Gasteiger partial charge in [-0.1, -0.05) is 48.0 Å². The van der Waals surface area contributed by atoms with Crippen molar-refractivity contribution in [3.63, 3.8) is 0 Å². The van der Waals surface area contributed by atoms with Crippen molar-refractivity contribution in [3.8, 4) is 22.8 Å². The van der Waals surface area contributed by atoms with Gasteiger partial charge in [0.1, 0.15) is 17.1 Å². The monoisotopic (exact) mass is 589 g/mol. The number of sulfonamides is 1. The quantitative estimate of drug-likeness (QED) is 0.133. The number of nitrogens with zero attached hydrogens (tertiary/aromatic N) is 2. The number of aromatic nitrogens is 2. The first-order chi connectivity index (χ1) is 19.9. The Labute approximate surface area is 243 Å². The number of benzene rings is 4. The second-order valence-corrected chi connectivity index (χ2v) is 11.4. The number of anilines is 1. The van der Waals surface area contributed by atoms with E-state index in [9.17, 15) is 13.2 Å². The molecule has 0 saturated carbocycles. The molecule has 1 heterocycles. The van der Waals surface area contributed by atoms with Gasteiger partial charge in [0.05, 0.1) is 24.1 Å². The van der Waals surface area contributed by atoms with E-state index in [4.69, 9.17) is 26.1 Å². The van der Waals surface area contributed by atoms with Crippen LogP contribution in [-0.4, -0.2) is 37.7 Å². The van der Waals surface area contributed by atoms with Gasteiger partial charge in [0.2, 0.25) is 0 Å². The molecule has 10 heteroatoms. The van der Waals surface area contributed by atoms with Crippen molar-refractivity contribution in [1.82, 2.24) is 9.55 Å². The molecule has 8 nitrogen and oxygen atoms in total. The van der Waals surface area contributed by atoms with Crippen LogP contribution < -0.4 is 9.46 Å². The molecular weight excluding hydrogens is 562 g/mol. The summed E-state index contributed by atoms with van der Waals surface area (Å²) in [7, 11) is -2.40. The summed E-state index contributed by atoms with van der Waals surface area (Å²) in [6, 6.07) is 28.7. The van der Waals surface area contributed by atoms with Gasteiger partial charge in [-0.3, -0.25) is 14.1 Å². The maximum Gasteiger partial charge on any atom is 0.305 e. The van der Waals surface area contributed by atoms with Crippen LogP contribution in [0.4, 0.5) is 5.69 Å². The minimum absolute atomic E-state index is 0.121. The zero-order chi connectivity index (χ0) is 28.8. The van der Waals surface area contributed by atoms with Crippen molar-refractivity contribution < 1.29 is 22.7 Å². The van der Waals surface area contributed by atoms with Crippen LogP contribution in [0.5, 0.6) is 5.75 Å². The molecule has 0 saturated heterocycles. The number of unbranched alkanes of at least 4 members (excludes halogenated alkanes) is 1. The summed E-state index contributed by atoms with van der Waals surface area (Å²) in [4.78, 5) is 16.5. The van der Waals surface area contributed by atoms with Crippen molar-refractivity contribution in [3.05, 3.63) is 102 Å². The van der Waals surface area contributed by atoms with Crippen molar-refractivity contribution in [2.45, 2.75) is 24.2 Å². The molecule has 0 atom stereocenters. The first kappa shape index (κ1) is 28.2. The minimum atomic E-state index is -3.78. The van der Waals surface area contributed by atoms with E-state index in [1.54, 1.807) is 12.1 Å². The average molecular weight is 590 g/mol. The number of hydrogen-bond donors (Lipinski definition) is 1. The zero-order valence-corrected chi connectivity index (χ0v) is 23.9. The number of halogens is 1. The Hall–Kier alpha value is -4.34. The number of imidazole rings is 1. The molecular formula is C31H28ClN3O5S. The van der Waals surface area contributed by atoms with Crippen LogP contribution in [0.3, 0.4) is 0 Å². The second-order valence-electron chi connectivity index (χ2n) is 9.25. The lowest BCUT2D eigenvalue weighted by molar-refractivity contribution is -0.140. The van der Waals surface area contributed by atoms with Crippen LogP contribution in [0.2, 0.25) is 5.02 Å². The van der Waals surface area contributed by atoms with E-state index < -0.39 is 10.0 Å². The second kappa shape index (κ2) is 12.4. The number of carbonyl (C=O) groups excluding carboxylic acids is 1. The van der Waals surface area contributed by atoms with Crippen molar-refractivity contribution >= 4 is 44.3 Å². The number of methoxy groups -OCH3 is 1. The molecule has 0 radical (unpaired) electrons. The summed E-state index contributed by atoms with van der Waals surface area (Å²) in [5.41, 5.74) is 3.68. The lowest BCUT2D eigenvalue weighted by Gasteiger charge is -2.12. The van der Waals surface area contributed by atoms with Gasteiger partial charge in [0, 0.05) is 28.4 Å². The Balaban J connectivity index is 1.45. The number of carbonyl (C=O) groups is 1. The number of fused-ring (bicyclic) bond motifs is 1. The van der Waals surface area contributed by atoms with Gasteiger partial charge < -0.3 is 9.47 Å². The Morgan fingerprint density at radius 3 is 2.34 bits per heavy atom. The number of rotatable bonds is 11. The molecule has 1 aromatic heterocycles. The van der Waals surface area contributed by atoms with E-state index in [0.29, 0.717) is 47.8 Å². The highest BCUT2D eigenvalue weighted by atomic mass is 35.5. The molecule has 1 N–H and O–H groups in total. The van der Waals surface area contributed by atoms with E-state index in [1.807, 2.05) is 65.2 Å². The normalized spacial score (nSPS) is 11.4. The molecule has 0 fully saturated rings. The van der Waals surface area contributed by atoms with E-state index in [1.165, 1.54) is 31.4 Å². The van der Waals surface area contributed by atoms with Gasteiger partial charge in [0.25, 0.3) is 10.0 Å². The maximum atomic E-state index is 12.8. The summed E-state index contributed by atoms with van der Waals surface area (Å²) in [6.07, 6.45) is 1.72. The first-order valence-electron chi connectivity index (χ1n) is 13.0. The SMILES string of the molecule is COC(=O)CCCCOc1cccc2c1nc(-c1ccccc1)n2-c1ccc(NS(=O)(=O)c2ccc(Cl)cc2)cc1. The van der Waals surface area contributed by atoms with Crippen molar-refractivity contribution in [1.29, 1.82) is 0 Å². The van der Waals surface area contributed by atoms with Crippen LogP contribution in [0, 0.1) is 0 Å². The molecule has 0 aliphatic heterocycles. The molecule has 41 heavy (non-hydrogen) atoms. The smallest absolute Gasteiger partial charge is 0.305 e. The summed E-state index contributed by atoms with van der Waals surface area (Å²) in [5.74, 6) is 1.13. The Morgan fingerprint density at radius 2 is 1.63 bits per heavy atom. The van der Waals surface area contributed by atoms with Crippen LogP contribution >= 0.6 is 11.6 Å². The van der Waals surface area contributed by atoms with Crippen LogP contribution in [0.25, 0.3) is 28.1 Å². The lowest BCUT2D eigenvalue weighted by atomic mass is 10.2. The van der Waals surface area contributed by atoms with Gasteiger partial charge in [0.15, 0.2) is 0 Å². The predicted molar refractivity (Wildman–Crippen MR) is 160 cm³/mol. The van der Waals surface area contributed by atoms with Gasteiger partial charge in [-0.2, -0.15) is 0 Å². The highest BCUT2D eigenvalue weighted by molar-refractivity contribution is 7.92. The fraction of sp³-hybridized carbons (Fsp3) is 0.161. The van der Waals surface area contributed by atoms with E-state index in [0.717, 1.165) is 22.6 Å². The minimum Gasteiger partial charge on any atom is -0.491 e. The fourth-order valence-corrected chi connectivity index (χ4v) is 5.58. The van der Waals surface area contributed by atoms with Crippen LogP contribution in [-0.2, 0) is 19.6 Å². The highest BCUT2D eigenvalue weighted by Gasteiger charge is 2.18. The summed E-state index contributed by atoms with van der Waals surface area (Å²) in [6.45, 7) is 0.437. The summed E-state index contributed by atoms with van der Waals surface area (Å²) < 4.78 is 41.1. The van der Waals surface area contributed by atoms with Crippen molar-refractivity contribution in [2.24, 2.45) is 0 Å². The number of hydrogen-bond acceptors (Lipinski definition) is 6. The maximum absolute atomic E-state index is 12.8.